The van der Waals surface area contributed by atoms with Gasteiger partial charge in [-0.1, -0.05) is 0 Å². The Bertz CT molecular complexity index is 632. The third kappa shape index (κ3) is 5.58. The van der Waals surface area contributed by atoms with Gasteiger partial charge < -0.3 is 29.9 Å². The molecule has 0 aromatic heterocycles. The molecule has 3 saturated heterocycles. The van der Waals surface area contributed by atoms with E-state index in [1.807, 2.05) is 51.3 Å². The minimum Gasteiger partial charge on any atom is -0.444 e. The zero-order valence-corrected chi connectivity index (χ0v) is 19.5. The van der Waals surface area contributed by atoms with Gasteiger partial charge in [0.15, 0.2) is 0 Å². The van der Waals surface area contributed by atoms with Crippen molar-refractivity contribution in [3.63, 3.8) is 0 Å². The molecule has 2 unspecified atom stereocenters. The van der Waals surface area contributed by atoms with E-state index >= 15 is 0 Å². The van der Waals surface area contributed by atoms with Crippen LogP contribution in [0.3, 0.4) is 0 Å². The van der Waals surface area contributed by atoms with E-state index in [1.54, 1.807) is 0 Å². The van der Waals surface area contributed by atoms with Gasteiger partial charge in [-0.25, -0.2) is 9.59 Å². The summed E-state index contributed by atoms with van der Waals surface area (Å²) in [5.74, 6) is 0.321. The highest BCUT2D eigenvalue weighted by molar-refractivity contribution is 5.68. The molecule has 8 heteroatoms. The van der Waals surface area contributed by atoms with Crippen LogP contribution >= 0.6 is 0 Å². The standard InChI is InChI=1S/C22H40N4O4/c1-20(2,3)29-18(27)25-10-7-22(8-11-25)15-24-17(22)16-13-23-9-12-26(14-16)19(28)30-21(4,5)6/h16-17,23-24H,7-15H2,1-6H3. The van der Waals surface area contributed by atoms with E-state index in [2.05, 4.69) is 10.6 Å². The van der Waals surface area contributed by atoms with E-state index in [1.165, 1.54) is 0 Å². The van der Waals surface area contributed by atoms with Crippen molar-refractivity contribution in [2.24, 2.45) is 11.3 Å². The lowest BCUT2D eigenvalue weighted by molar-refractivity contribution is -0.0375. The molecule has 3 fully saturated rings. The summed E-state index contributed by atoms with van der Waals surface area (Å²) < 4.78 is 11.2. The summed E-state index contributed by atoms with van der Waals surface area (Å²) >= 11 is 0. The molecule has 0 bridgehead atoms. The molecule has 2 N–H and O–H groups in total. The van der Waals surface area contributed by atoms with Crippen LogP contribution in [0.2, 0.25) is 0 Å². The zero-order chi connectivity index (χ0) is 22.2. The van der Waals surface area contributed by atoms with Gasteiger partial charge >= 0.3 is 12.2 Å². The quantitative estimate of drug-likeness (QED) is 0.673. The molecule has 3 aliphatic heterocycles. The predicted molar refractivity (Wildman–Crippen MR) is 115 cm³/mol. The van der Waals surface area contributed by atoms with Crippen LogP contribution in [0, 0.1) is 11.3 Å². The van der Waals surface area contributed by atoms with Gasteiger partial charge in [0.25, 0.3) is 0 Å². The summed E-state index contributed by atoms with van der Waals surface area (Å²) in [6.45, 7) is 16.9. The van der Waals surface area contributed by atoms with Gasteiger partial charge in [-0.15, -0.1) is 0 Å². The summed E-state index contributed by atoms with van der Waals surface area (Å²) in [4.78, 5) is 28.7. The lowest BCUT2D eigenvalue weighted by Gasteiger charge is -2.57. The Morgan fingerprint density at radius 2 is 1.47 bits per heavy atom. The molecule has 0 radical (unpaired) electrons. The Balaban J connectivity index is 1.59. The normalized spacial score (nSPS) is 27.3. The second kappa shape index (κ2) is 8.54. The molecule has 0 aromatic carbocycles. The third-order valence-electron chi connectivity index (χ3n) is 6.29. The Labute approximate surface area is 181 Å². The Morgan fingerprint density at radius 3 is 1.97 bits per heavy atom. The number of amides is 2. The van der Waals surface area contributed by atoms with E-state index in [-0.39, 0.29) is 17.6 Å². The van der Waals surface area contributed by atoms with Crippen molar-refractivity contribution in [3.8, 4) is 0 Å². The molecule has 8 nitrogen and oxygen atoms in total. The van der Waals surface area contributed by atoms with Crippen molar-refractivity contribution in [1.82, 2.24) is 20.4 Å². The van der Waals surface area contributed by atoms with Gasteiger partial charge in [0.2, 0.25) is 0 Å². The number of ether oxygens (including phenoxy) is 2. The molecule has 2 amide bonds. The maximum Gasteiger partial charge on any atom is 0.410 e. The maximum atomic E-state index is 12.6. The SMILES string of the molecule is CC(C)(C)OC(=O)N1CCC2(CC1)CNC2C1CNCCN(C(=O)OC(C)(C)C)C1. The third-order valence-corrected chi connectivity index (χ3v) is 6.29. The number of piperidine rings is 1. The van der Waals surface area contributed by atoms with Crippen LogP contribution in [-0.4, -0.2) is 85.0 Å². The fourth-order valence-corrected chi connectivity index (χ4v) is 4.78. The summed E-state index contributed by atoms with van der Waals surface area (Å²) in [6.07, 6.45) is 1.48. The van der Waals surface area contributed by atoms with Crippen LogP contribution < -0.4 is 10.6 Å². The van der Waals surface area contributed by atoms with Gasteiger partial charge in [0.1, 0.15) is 11.2 Å². The van der Waals surface area contributed by atoms with Crippen molar-refractivity contribution in [2.45, 2.75) is 71.6 Å². The number of hydrogen-bond acceptors (Lipinski definition) is 6. The van der Waals surface area contributed by atoms with Crippen LogP contribution in [0.15, 0.2) is 0 Å². The van der Waals surface area contributed by atoms with Crippen molar-refractivity contribution in [3.05, 3.63) is 0 Å². The number of carbonyl (C=O) groups is 2. The molecule has 1 spiro atoms. The maximum absolute atomic E-state index is 12.6. The molecule has 3 rings (SSSR count). The molecule has 30 heavy (non-hydrogen) atoms. The van der Waals surface area contributed by atoms with Gasteiger partial charge in [-0.05, 0) is 54.4 Å². The minimum absolute atomic E-state index is 0.189. The van der Waals surface area contributed by atoms with Crippen LogP contribution in [-0.2, 0) is 9.47 Å². The fourth-order valence-electron chi connectivity index (χ4n) is 4.78. The lowest BCUT2D eigenvalue weighted by atomic mass is 9.62. The first-order chi connectivity index (χ1) is 13.9. The number of nitrogens with zero attached hydrogens (tertiary/aromatic N) is 2. The number of hydrogen-bond donors (Lipinski definition) is 2. The topological polar surface area (TPSA) is 83.1 Å². The highest BCUT2D eigenvalue weighted by Gasteiger charge is 2.52. The van der Waals surface area contributed by atoms with Crippen molar-refractivity contribution in [2.75, 3.05) is 45.8 Å². The molecular formula is C22H40N4O4. The molecule has 3 aliphatic rings. The summed E-state index contributed by atoms with van der Waals surface area (Å²) in [6, 6.07) is 0.342. The number of likely N-dealkylation sites (tertiary alicyclic amines) is 1. The van der Waals surface area contributed by atoms with Crippen LogP contribution in [0.25, 0.3) is 0 Å². The van der Waals surface area contributed by atoms with E-state index in [9.17, 15) is 9.59 Å². The molecule has 3 heterocycles. The largest absolute Gasteiger partial charge is 0.444 e. The van der Waals surface area contributed by atoms with Gasteiger partial charge in [0, 0.05) is 63.2 Å². The number of carbonyl (C=O) groups excluding carboxylic acids is 2. The first-order valence-electron chi connectivity index (χ1n) is 11.3. The van der Waals surface area contributed by atoms with E-state index < -0.39 is 11.2 Å². The number of nitrogens with one attached hydrogen (secondary N) is 2. The van der Waals surface area contributed by atoms with Crippen LogP contribution in [0.1, 0.15) is 54.4 Å². The summed E-state index contributed by atoms with van der Waals surface area (Å²) in [7, 11) is 0. The fraction of sp³-hybridized carbons (Fsp3) is 0.909. The number of rotatable bonds is 1. The van der Waals surface area contributed by atoms with Gasteiger partial charge in [0.05, 0.1) is 0 Å². The highest BCUT2D eigenvalue weighted by atomic mass is 16.6. The highest BCUT2D eigenvalue weighted by Crippen LogP contribution is 2.44. The molecular weight excluding hydrogens is 384 g/mol. The van der Waals surface area contributed by atoms with Crippen molar-refractivity contribution < 1.29 is 19.1 Å². The van der Waals surface area contributed by atoms with Crippen molar-refractivity contribution in [1.29, 1.82) is 0 Å². The van der Waals surface area contributed by atoms with E-state index in [0.29, 0.717) is 25.0 Å². The van der Waals surface area contributed by atoms with Gasteiger partial charge in [-0.2, -0.15) is 0 Å². The van der Waals surface area contributed by atoms with E-state index in [4.69, 9.17) is 9.47 Å². The molecule has 172 valence electrons. The van der Waals surface area contributed by atoms with Crippen LogP contribution in [0.5, 0.6) is 0 Å². The predicted octanol–water partition coefficient (Wildman–Crippen LogP) is 2.43. The Morgan fingerprint density at radius 1 is 0.900 bits per heavy atom. The van der Waals surface area contributed by atoms with Crippen molar-refractivity contribution >= 4 is 12.2 Å². The first kappa shape index (κ1) is 23.1. The zero-order valence-electron chi connectivity index (χ0n) is 19.5. The average Bonchev–Trinajstić information content (AvgIpc) is 2.84. The lowest BCUT2D eigenvalue weighted by Crippen LogP contribution is -2.70. The first-order valence-corrected chi connectivity index (χ1v) is 11.3. The Hall–Kier alpha value is -1.54. The second-order valence-corrected chi connectivity index (χ2v) is 11.1. The van der Waals surface area contributed by atoms with Crippen LogP contribution in [0.4, 0.5) is 9.59 Å². The van der Waals surface area contributed by atoms with Gasteiger partial charge in [-0.3, -0.25) is 0 Å². The second-order valence-electron chi connectivity index (χ2n) is 11.1. The summed E-state index contributed by atoms with van der Waals surface area (Å²) in [5.41, 5.74) is -0.768. The molecule has 0 aromatic rings. The molecule has 2 atom stereocenters. The Kier molecular flexibility index (Phi) is 6.58. The smallest absolute Gasteiger partial charge is 0.410 e. The monoisotopic (exact) mass is 424 g/mol. The van der Waals surface area contributed by atoms with E-state index in [0.717, 1.165) is 45.6 Å². The average molecular weight is 425 g/mol. The summed E-state index contributed by atoms with van der Waals surface area (Å²) in [5, 5.41) is 7.13. The molecule has 0 saturated carbocycles. The minimum atomic E-state index is -0.489. The molecule has 0 aliphatic carbocycles.